The highest BCUT2D eigenvalue weighted by Gasteiger charge is 2.57. The van der Waals surface area contributed by atoms with Gasteiger partial charge in [0, 0.05) is 13.8 Å². The summed E-state index contributed by atoms with van der Waals surface area (Å²) in [6.07, 6.45) is -53.8. The van der Waals surface area contributed by atoms with Crippen molar-refractivity contribution in [2.45, 2.75) is 192 Å². The minimum Gasteiger partial charge on any atom is -0.394 e. The lowest BCUT2D eigenvalue weighted by molar-refractivity contribution is -0.397. The molecule has 5 fully saturated rings. The predicted octanol–water partition coefficient (Wildman–Crippen LogP) is -14.2. The highest BCUT2D eigenvalue weighted by Crippen LogP contribution is 2.36. The van der Waals surface area contributed by atoms with Gasteiger partial charge in [-0.1, -0.05) is 0 Å². The van der Waals surface area contributed by atoms with Gasteiger partial charge >= 0.3 is 0 Å². The lowest BCUT2D eigenvalue weighted by atomic mass is 9.94. The summed E-state index contributed by atoms with van der Waals surface area (Å²) in [5, 5.41) is 207. The zero-order valence-corrected chi connectivity index (χ0v) is 39.1. The molecule has 0 spiro atoms. The van der Waals surface area contributed by atoms with Crippen molar-refractivity contribution in [1.29, 1.82) is 0 Å². The summed E-state index contributed by atoms with van der Waals surface area (Å²) in [6, 6.07) is -3.37. The molecule has 33 heteroatoms. The van der Waals surface area contributed by atoms with Crippen molar-refractivity contribution in [3.63, 3.8) is 0 Å². The Morgan fingerprint density at radius 1 is 0.466 bits per heavy atom. The summed E-state index contributed by atoms with van der Waals surface area (Å²) in [5.41, 5.74) is 0. The van der Waals surface area contributed by atoms with E-state index in [1.54, 1.807) is 0 Å². The normalized spacial score (nSPS) is 45.2. The summed E-state index contributed by atoms with van der Waals surface area (Å²) >= 11 is 0. The number of amides is 2. The first-order chi connectivity index (χ1) is 34.5. The number of aliphatic hydroxyl groups is 19. The molecule has 0 saturated carbocycles. The molecule has 0 aromatic carbocycles. The van der Waals surface area contributed by atoms with Crippen LogP contribution in [0.5, 0.6) is 0 Å². The molecule has 0 unspecified atom stereocenters. The third-order valence-corrected chi connectivity index (χ3v) is 12.9. The fourth-order valence-electron chi connectivity index (χ4n) is 8.79. The number of ether oxygens (including phenoxy) is 10. The van der Waals surface area contributed by atoms with Gasteiger partial charge in [0.15, 0.2) is 31.5 Å². The van der Waals surface area contributed by atoms with Crippen molar-refractivity contribution in [2.24, 2.45) is 0 Å². The molecule has 5 saturated heterocycles. The Labute approximate surface area is 414 Å². The summed E-state index contributed by atoms with van der Waals surface area (Å²) in [5.74, 6) is -1.63. The van der Waals surface area contributed by atoms with Crippen LogP contribution in [-0.2, 0) is 57.0 Å². The van der Waals surface area contributed by atoms with E-state index in [1.807, 2.05) is 0 Å². The van der Waals surface area contributed by atoms with Gasteiger partial charge in [-0.3, -0.25) is 9.59 Å². The van der Waals surface area contributed by atoms with Gasteiger partial charge in [0.05, 0.1) is 52.3 Å². The third kappa shape index (κ3) is 14.1. The number of hydrogen-bond donors (Lipinski definition) is 21. The second-order valence-electron chi connectivity index (χ2n) is 18.0. The molecule has 73 heavy (non-hydrogen) atoms. The molecule has 5 aliphatic heterocycles. The quantitative estimate of drug-likeness (QED) is 0.0479. The van der Waals surface area contributed by atoms with Crippen molar-refractivity contribution in [3.05, 3.63) is 0 Å². The van der Waals surface area contributed by atoms with Gasteiger partial charge < -0.3 is 155 Å². The Balaban J connectivity index is 1.49. The summed E-state index contributed by atoms with van der Waals surface area (Å²) in [4.78, 5) is 24.4. The van der Waals surface area contributed by atoms with Crippen LogP contribution in [0.4, 0.5) is 0 Å². The molecule has 5 heterocycles. The van der Waals surface area contributed by atoms with E-state index in [0.29, 0.717) is 0 Å². The first kappa shape index (κ1) is 61.6. The average molecular weight is 1070 g/mol. The van der Waals surface area contributed by atoms with E-state index in [2.05, 4.69) is 10.6 Å². The Morgan fingerprint density at radius 3 is 1.45 bits per heavy atom. The number of rotatable bonds is 22. The zero-order valence-electron chi connectivity index (χ0n) is 39.1. The van der Waals surface area contributed by atoms with E-state index in [-0.39, 0.29) is 0 Å². The second-order valence-corrected chi connectivity index (χ2v) is 18.0. The molecule has 2 amide bonds. The molecule has 0 aliphatic carbocycles. The van der Waals surface area contributed by atoms with Crippen molar-refractivity contribution in [2.75, 3.05) is 46.2 Å². The van der Waals surface area contributed by atoms with Crippen molar-refractivity contribution < 1.29 is 154 Å². The maximum Gasteiger partial charge on any atom is 0.217 e. The van der Waals surface area contributed by atoms with Crippen LogP contribution in [0, 0.1) is 0 Å². The lowest BCUT2D eigenvalue weighted by Crippen LogP contribution is -2.69. The van der Waals surface area contributed by atoms with Gasteiger partial charge in [0.2, 0.25) is 11.8 Å². The lowest BCUT2D eigenvalue weighted by Gasteiger charge is -2.50. The van der Waals surface area contributed by atoms with Crippen LogP contribution < -0.4 is 10.6 Å². The van der Waals surface area contributed by atoms with Gasteiger partial charge in [-0.15, -0.1) is 0 Å². The van der Waals surface area contributed by atoms with Crippen LogP contribution in [0.2, 0.25) is 0 Å². The van der Waals surface area contributed by atoms with Crippen LogP contribution >= 0.6 is 0 Å². The van der Waals surface area contributed by atoms with Gasteiger partial charge in [-0.2, -0.15) is 0 Å². The highest BCUT2D eigenvalue weighted by atomic mass is 16.8. The van der Waals surface area contributed by atoms with Crippen LogP contribution in [0.3, 0.4) is 0 Å². The van der Waals surface area contributed by atoms with Crippen molar-refractivity contribution >= 4 is 11.8 Å². The smallest absolute Gasteiger partial charge is 0.217 e. The van der Waals surface area contributed by atoms with E-state index in [4.69, 9.17) is 47.4 Å². The number of aliphatic hydroxyl groups excluding tert-OH is 19. The van der Waals surface area contributed by atoms with Gasteiger partial charge in [-0.05, 0) is 0 Å². The van der Waals surface area contributed by atoms with E-state index in [1.165, 1.54) is 0 Å². The molecule has 0 radical (unpaired) electrons. The topological polar surface area (TPSA) is 535 Å². The summed E-state index contributed by atoms with van der Waals surface area (Å²) < 4.78 is 57.2. The first-order valence-electron chi connectivity index (χ1n) is 23.0. The molecule has 426 valence electrons. The van der Waals surface area contributed by atoms with Crippen LogP contribution in [0.15, 0.2) is 0 Å². The largest absolute Gasteiger partial charge is 0.394 e. The maximum absolute atomic E-state index is 12.6. The maximum atomic E-state index is 12.6. The molecule has 0 bridgehead atoms. The van der Waals surface area contributed by atoms with Gasteiger partial charge in [0.1, 0.15) is 140 Å². The molecule has 5 aliphatic rings. The molecular formula is C40H70N2O31. The van der Waals surface area contributed by atoms with E-state index >= 15 is 0 Å². The molecule has 0 aromatic rings. The average Bonchev–Trinajstić information content (AvgIpc) is 3.36. The number of nitrogens with one attached hydrogen (secondary N) is 2. The standard InChI is InChI=1S/C40H70N2O31/c1-10(49)41-12(3-43)20(52)32(13(51)4-44)70-36-19(42-11(2)50)25(57)33(17(8-48)68-36)71-39-31(63)34(24(56)18(69-39)9-64-37-29(61)26(58)21(53)14(5-45)65-37)72-40-35(28(60)23(55)16(7-47)67-40)73-38-30(62)27(59)22(54)15(6-46)66-38/h12-40,43-48,51-63H,3-9H2,1-2H3,(H,41,49)(H,42,50)/t12-,13+,14+,15+,16+,17+,18+,19+,20+,21+,22+,23+,24+,25+,26-,27-,28-,29-,30-,31-,32+,33+,34-,35-,36-,37-,38+,39-,40+/m0/s1. The van der Waals surface area contributed by atoms with Crippen molar-refractivity contribution in [1.82, 2.24) is 10.6 Å². The van der Waals surface area contributed by atoms with Crippen molar-refractivity contribution in [3.8, 4) is 0 Å². The van der Waals surface area contributed by atoms with E-state index in [9.17, 15) is 107 Å². The molecular weight excluding hydrogens is 1000 g/mol. The monoisotopic (exact) mass is 1070 g/mol. The number of carbonyl (C=O) groups is 2. The molecule has 0 aromatic heterocycles. The minimum atomic E-state index is -2.35. The van der Waals surface area contributed by atoms with Crippen LogP contribution in [-0.4, -0.2) is 333 Å². The Kier molecular flexibility index (Phi) is 23.1. The van der Waals surface area contributed by atoms with E-state index in [0.717, 1.165) is 13.8 Å². The molecule has 21 N–H and O–H groups in total. The Hall–Kier alpha value is -2.22. The molecule has 5 rings (SSSR count). The van der Waals surface area contributed by atoms with Crippen LogP contribution in [0.25, 0.3) is 0 Å². The second kappa shape index (κ2) is 27.4. The summed E-state index contributed by atoms with van der Waals surface area (Å²) in [6.45, 7) is -4.93. The fraction of sp³-hybridized carbons (Fsp3) is 0.950. The first-order valence-corrected chi connectivity index (χ1v) is 23.0. The molecule has 33 nitrogen and oxygen atoms in total. The van der Waals surface area contributed by atoms with Gasteiger partial charge in [-0.25, -0.2) is 0 Å². The SMILES string of the molecule is CC(=O)N[C@H]1[C@H](O[C@@H]([C@H](O)[C@H](CO)NC(C)=O)[C@H](O)CO)O[C@H](CO)[C@@H](O[C@@H]2O[C@H](CO[C@H]3O[C@H](CO)[C@@H](O)[C@H](O)[C@@H]3O)[C@@H](O)[C@H](O[C@H]3O[C@H](CO)[C@@H](O)[C@H](O)[C@@H]3O[C@H]3O[C@H](CO)[C@@H](O)[C@H](O)[C@@H]3O)[C@@H]2O)[C@@H]1O. The van der Waals surface area contributed by atoms with E-state index < -0.39 is 236 Å². The Bertz CT molecular complexity index is 1700. The van der Waals surface area contributed by atoms with Crippen LogP contribution in [0.1, 0.15) is 13.8 Å². The highest BCUT2D eigenvalue weighted by molar-refractivity contribution is 5.73. The third-order valence-electron chi connectivity index (χ3n) is 12.9. The zero-order chi connectivity index (χ0) is 54.3. The molecule has 29 atom stereocenters. The Morgan fingerprint density at radius 2 is 0.932 bits per heavy atom. The summed E-state index contributed by atoms with van der Waals surface area (Å²) in [7, 11) is 0. The minimum absolute atomic E-state index is 0.746. The number of hydrogen-bond acceptors (Lipinski definition) is 31. The van der Waals surface area contributed by atoms with Gasteiger partial charge in [0.25, 0.3) is 0 Å². The predicted molar refractivity (Wildman–Crippen MR) is 225 cm³/mol. The fourth-order valence-corrected chi connectivity index (χ4v) is 8.79. The number of carbonyl (C=O) groups excluding carboxylic acids is 2.